The van der Waals surface area contributed by atoms with Gasteiger partial charge in [0, 0.05) is 6.20 Å². The van der Waals surface area contributed by atoms with Crippen LogP contribution in [0.4, 0.5) is 13.2 Å². The third-order valence-corrected chi connectivity index (χ3v) is 1.66. The number of halogens is 3. The Bertz CT molecular complexity index is 387. The normalized spacial score (nSPS) is 10.3. The minimum absolute atomic E-state index is 0.495. The van der Waals surface area contributed by atoms with E-state index >= 15 is 0 Å². The Hall–Kier alpha value is -1.61. The summed E-state index contributed by atoms with van der Waals surface area (Å²) in [4.78, 5) is 3.02. The van der Waals surface area contributed by atoms with Crippen LogP contribution in [0.15, 0.2) is 6.20 Å². The molecule has 3 nitrogen and oxygen atoms in total. The van der Waals surface area contributed by atoms with Crippen LogP contribution in [0.5, 0.6) is 0 Å². The fourth-order valence-electron chi connectivity index (χ4n) is 0.988. The van der Waals surface area contributed by atoms with Crippen LogP contribution in [0.2, 0.25) is 0 Å². The van der Waals surface area contributed by atoms with Crippen molar-refractivity contribution < 1.29 is 18.3 Å². The smallest absolute Gasteiger partial charge is 0.266 e. The van der Waals surface area contributed by atoms with E-state index in [9.17, 15) is 13.2 Å². The van der Waals surface area contributed by atoms with Crippen molar-refractivity contribution >= 4 is 0 Å². The topological polar surface area (TPSA) is 56.9 Å². The Morgan fingerprint density at radius 2 is 2.21 bits per heavy atom. The molecule has 0 bridgehead atoms. The van der Waals surface area contributed by atoms with E-state index in [2.05, 4.69) is 4.98 Å². The van der Waals surface area contributed by atoms with Gasteiger partial charge in [0.15, 0.2) is 0 Å². The zero-order valence-electron chi connectivity index (χ0n) is 6.84. The first kappa shape index (κ1) is 10.5. The molecule has 0 fully saturated rings. The summed E-state index contributed by atoms with van der Waals surface area (Å²) in [6.07, 6.45) is -2.32. The van der Waals surface area contributed by atoms with Crippen molar-refractivity contribution in [2.24, 2.45) is 0 Å². The van der Waals surface area contributed by atoms with Gasteiger partial charge in [-0.1, -0.05) is 0 Å². The number of nitriles is 1. The number of hydrogen-bond donors (Lipinski definition) is 1. The van der Waals surface area contributed by atoms with Crippen LogP contribution in [0.3, 0.4) is 0 Å². The summed E-state index contributed by atoms with van der Waals surface area (Å²) >= 11 is 0. The molecule has 14 heavy (non-hydrogen) atoms. The van der Waals surface area contributed by atoms with E-state index in [0.717, 1.165) is 0 Å². The number of aliphatic hydroxyl groups is 1. The van der Waals surface area contributed by atoms with Crippen molar-refractivity contribution in [3.63, 3.8) is 0 Å². The molecule has 1 N–H and O–H groups in total. The van der Waals surface area contributed by atoms with E-state index in [4.69, 9.17) is 10.4 Å². The van der Waals surface area contributed by atoms with E-state index in [-0.39, 0.29) is 0 Å². The van der Waals surface area contributed by atoms with Crippen LogP contribution in [-0.4, -0.2) is 10.1 Å². The highest BCUT2D eigenvalue weighted by Crippen LogP contribution is 2.25. The molecule has 0 amide bonds. The highest BCUT2D eigenvalue weighted by molar-refractivity contribution is 5.43. The average molecular weight is 202 g/mol. The molecule has 0 spiro atoms. The molecule has 0 aliphatic heterocycles. The second-order valence-corrected chi connectivity index (χ2v) is 2.43. The van der Waals surface area contributed by atoms with Crippen molar-refractivity contribution in [2.75, 3.05) is 0 Å². The minimum atomic E-state index is -2.91. The van der Waals surface area contributed by atoms with Crippen molar-refractivity contribution in [1.29, 1.82) is 5.26 Å². The summed E-state index contributed by atoms with van der Waals surface area (Å²) in [7, 11) is 0. The van der Waals surface area contributed by atoms with Gasteiger partial charge in [-0.2, -0.15) is 9.65 Å². The summed E-state index contributed by atoms with van der Waals surface area (Å²) in [5.41, 5.74) is -1.71. The molecule has 0 aliphatic carbocycles. The third kappa shape index (κ3) is 1.67. The zero-order chi connectivity index (χ0) is 10.7. The molecule has 1 aromatic heterocycles. The molecule has 0 aromatic carbocycles. The van der Waals surface area contributed by atoms with E-state index < -0.39 is 35.7 Å². The molecule has 0 atom stereocenters. The van der Waals surface area contributed by atoms with E-state index in [1.807, 2.05) is 0 Å². The first-order chi connectivity index (χ1) is 6.61. The van der Waals surface area contributed by atoms with Crippen molar-refractivity contribution in [1.82, 2.24) is 4.98 Å². The highest BCUT2D eigenvalue weighted by Gasteiger charge is 2.19. The summed E-state index contributed by atoms with van der Waals surface area (Å²) in [6.45, 7) is -0.831. The number of aromatic nitrogens is 1. The van der Waals surface area contributed by atoms with Gasteiger partial charge >= 0.3 is 0 Å². The largest absolute Gasteiger partial charge is 0.391 e. The molecule has 0 saturated heterocycles. The Labute approximate surface area is 77.4 Å². The fraction of sp³-hybridized carbons (Fsp3) is 0.250. The van der Waals surface area contributed by atoms with Gasteiger partial charge in [0.25, 0.3) is 6.43 Å². The number of alkyl halides is 2. The molecule has 74 valence electrons. The molecule has 1 rings (SSSR count). The molecule has 0 unspecified atom stereocenters. The molecule has 0 radical (unpaired) electrons. The van der Waals surface area contributed by atoms with Gasteiger partial charge in [-0.05, 0) is 0 Å². The van der Waals surface area contributed by atoms with Gasteiger partial charge < -0.3 is 5.11 Å². The van der Waals surface area contributed by atoms with Gasteiger partial charge in [0.2, 0.25) is 5.95 Å². The van der Waals surface area contributed by atoms with Gasteiger partial charge in [-0.15, -0.1) is 0 Å². The van der Waals surface area contributed by atoms with Gasteiger partial charge in [-0.25, -0.2) is 13.8 Å². The lowest BCUT2D eigenvalue weighted by molar-refractivity contribution is 0.150. The van der Waals surface area contributed by atoms with Crippen LogP contribution in [0.25, 0.3) is 0 Å². The molecular weight excluding hydrogens is 197 g/mol. The van der Waals surface area contributed by atoms with Gasteiger partial charge in [0.1, 0.15) is 6.07 Å². The van der Waals surface area contributed by atoms with Gasteiger partial charge in [-0.3, -0.25) is 0 Å². The first-order valence-corrected chi connectivity index (χ1v) is 3.58. The van der Waals surface area contributed by atoms with Crippen LogP contribution in [0, 0.1) is 17.3 Å². The van der Waals surface area contributed by atoms with Crippen LogP contribution in [0.1, 0.15) is 23.1 Å². The number of hydrogen-bond acceptors (Lipinski definition) is 3. The first-order valence-electron chi connectivity index (χ1n) is 3.58. The maximum absolute atomic E-state index is 12.8. The van der Waals surface area contributed by atoms with E-state index in [1.54, 1.807) is 0 Å². The number of aliphatic hydroxyl groups excluding tert-OH is 1. The number of nitrogens with zero attached hydrogens (tertiary/aromatic N) is 2. The number of pyridine rings is 1. The van der Waals surface area contributed by atoms with E-state index in [1.165, 1.54) is 6.07 Å². The van der Waals surface area contributed by atoms with Gasteiger partial charge in [0.05, 0.1) is 23.3 Å². The predicted molar refractivity (Wildman–Crippen MR) is 39.8 cm³/mol. The molecule has 0 aliphatic rings. The lowest BCUT2D eigenvalue weighted by Gasteiger charge is -2.06. The average Bonchev–Trinajstić information content (AvgIpc) is 2.16. The van der Waals surface area contributed by atoms with Crippen LogP contribution < -0.4 is 0 Å². The second kappa shape index (κ2) is 4.07. The zero-order valence-corrected chi connectivity index (χ0v) is 6.84. The van der Waals surface area contributed by atoms with Crippen LogP contribution >= 0.6 is 0 Å². The quantitative estimate of drug-likeness (QED) is 0.739. The maximum atomic E-state index is 12.8. The Morgan fingerprint density at radius 3 is 2.64 bits per heavy atom. The lowest BCUT2D eigenvalue weighted by Crippen LogP contribution is -2.03. The summed E-state index contributed by atoms with van der Waals surface area (Å²) < 4.78 is 37.3. The molecule has 6 heteroatoms. The summed E-state index contributed by atoms with van der Waals surface area (Å²) in [5.74, 6) is -1.10. The summed E-state index contributed by atoms with van der Waals surface area (Å²) in [6, 6.07) is 1.42. The number of rotatable bonds is 2. The standard InChI is InChI=1S/C8H5F3N2O/c9-7(10)5-2-13-8(11)6(3-14)4(5)1-12/h2,7,14H,3H2. The monoisotopic (exact) mass is 202 g/mol. The predicted octanol–water partition coefficient (Wildman–Crippen LogP) is 1.52. The molecular formula is C8H5F3N2O. The highest BCUT2D eigenvalue weighted by atomic mass is 19.3. The Morgan fingerprint density at radius 1 is 1.57 bits per heavy atom. The van der Waals surface area contributed by atoms with Crippen molar-refractivity contribution in [3.05, 3.63) is 28.8 Å². The van der Waals surface area contributed by atoms with Crippen molar-refractivity contribution in [3.8, 4) is 6.07 Å². The second-order valence-electron chi connectivity index (χ2n) is 2.43. The Balaban J connectivity index is 3.43. The van der Waals surface area contributed by atoms with E-state index in [0.29, 0.717) is 6.20 Å². The Kier molecular flexibility index (Phi) is 3.04. The summed E-state index contributed by atoms with van der Waals surface area (Å²) in [5, 5.41) is 17.2. The minimum Gasteiger partial charge on any atom is -0.391 e. The van der Waals surface area contributed by atoms with Crippen molar-refractivity contribution in [2.45, 2.75) is 13.0 Å². The molecule has 1 aromatic rings. The maximum Gasteiger partial charge on any atom is 0.266 e. The molecule has 1 heterocycles. The van der Waals surface area contributed by atoms with Crippen LogP contribution in [-0.2, 0) is 6.61 Å². The SMILES string of the molecule is N#Cc1c(C(F)F)cnc(F)c1CO. The lowest BCUT2D eigenvalue weighted by atomic mass is 10.1. The molecule has 0 saturated carbocycles. The fourth-order valence-corrected chi connectivity index (χ4v) is 0.988. The third-order valence-electron chi connectivity index (χ3n) is 1.66.